The van der Waals surface area contributed by atoms with Gasteiger partial charge in [0.25, 0.3) is 0 Å². The van der Waals surface area contributed by atoms with E-state index in [0.717, 1.165) is 5.56 Å². The minimum Gasteiger partial charge on any atom is -0.368 e. The van der Waals surface area contributed by atoms with Gasteiger partial charge in [-0.25, -0.2) is 8.42 Å². The molecule has 0 bridgehead atoms. The zero-order valence-electron chi connectivity index (χ0n) is 13.5. The largest absolute Gasteiger partial charge is 0.368 e. The van der Waals surface area contributed by atoms with Gasteiger partial charge in [-0.3, -0.25) is 0 Å². The summed E-state index contributed by atoms with van der Waals surface area (Å²) in [4.78, 5) is 0. The molecule has 0 spiro atoms. The van der Waals surface area contributed by atoms with Crippen LogP contribution in [-0.4, -0.2) is 38.6 Å². The van der Waals surface area contributed by atoms with E-state index in [0.29, 0.717) is 19.4 Å². The van der Waals surface area contributed by atoms with Gasteiger partial charge >= 0.3 is 0 Å². The van der Waals surface area contributed by atoms with Crippen molar-refractivity contribution in [2.45, 2.75) is 39.6 Å². The van der Waals surface area contributed by atoms with Crippen molar-refractivity contribution in [3.05, 3.63) is 35.9 Å². The summed E-state index contributed by atoms with van der Waals surface area (Å²) in [5, 5.41) is 9.86. The molecule has 0 amide bonds. The molecule has 22 heavy (non-hydrogen) atoms. The predicted molar refractivity (Wildman–Crippen MR) is 85.9 cm³/mol. The second kappa shape index (κ2) is 8.62. The minimum atomic E-state index is -2.99. The van der Waals surface area contributed by atoms with Crippen molar-refractivity contribution < 1.29 is 23.0 Å². The number of rotatable bonds is 10. The molecule has 1 aromatic carbocycles. The lowest BCUT2D eigenvalue weighted by molar-refractivity contribution is -0.184. The number of benzene rings is 1. The summed E-state index contributed by atoms with van der Waals surface area (Å²) < 4.78 is 32.9. The fourth-order valence-corrected chi connectivity index (χ4v) is 2.88. The van der Waals surface area contributed by atoms with Gasteiger partial charge in [-0.2, -0.15) is 0 Å². The van der Waals surface area contributed by atoms with Crippen LogP contribution in [0.1, 0.15) is 32.3 Å². The van der Waals surface area contributed by atoms with Gasteiger partial charge in [-0.1, -0.05) is 44.2 Å². The van der Waals surface area contributed by atoms with Crippen molar-refractivity contribution in [3.63, 3.8) is 0 Å². The first-order chi connectivity index (χ1) is 10.2. The maximum Gasteiger partial charge on any atom is 0.157 e. The second-order valence-corrected chi connectivity index (χ2v) is 8.58. The molecule has 5 nitrogen and oxygen atoms in total. The Morgan fingerprint density at radius 2 is 1.86 bits per heavy atom. The van der Waals surface area contributed by atoms with E-state index in [-0.39, 0.29) is 18.0 Å². The van der Waals surface area contributed by atoms with Crippen LogP contribution >= 0.6 is 0 Å². The average Bonchev–Trinajstić information content (AvgIpc) is 2.42. The molecule has 126 valence electrons. The summed E-state index contributed by atoms with van der Waals surface area (Å²) in [5.74, 6) is 0.108. The van der Waals surface area contributed by atoms with Crippen LogP contribution < -0.4 is 0 Å². The zero-order valence-corrected chi connectivity index (χ0v) is 14.3. The highest BCUT2D eigenvalue weighted by molar-refractivity contribution is 7.90. The third kappa shape index (κ3) is 9.15. The lowest BCUT2D eigenvalue weighted by atomic mass is 9.86. The summed E-state index contributed by atoms with van der Waals surface area (Å²) in [6, 6.07) is 9.69. The third-order valence-corrected chi connectivity index (χ3v) is 4.28. The Hall–Kier alpha value is -0.950. The summed E-state index contributed by atoms with van der Waals surface area (Å²) >= 11 is 0. The zero-order chi connectivity index (χ0) is 16.6. The van der Waals surface area contributed by atoms with Crippen molar-refractivity contribution >= 4 is 9.84 Å². The van der Waals surface area contributed by atoms with Crippen molar-refractivity contribution in [3.8, 4) is 0 Å². The first kappa shape index (κ1) is 19.1. The molecule has 1 N–H and O–H groups in total. The second-order valence-electron chi connectivity index (χ2n) is 6.32. The van der Waals surface area contributed by atoms with Crippen molar-refractivity contribution in [1.29, 1.82) is 0 Å². The highest BCUT2D eigenvalue weighted by Crippen LogP contribution is 2.27. The minimum absolute atomic E-state index is 0.00177. The van der Waals surface area contributed by atoms with Gasteiger partial charge in [0.05, 0.1) is 12.4 Å². The van der Waals surface area contributed by atoms with Gasteiger partial charge in [0.1, 0.15) is 16.6 Å². The summed E-state index contributed by atoms with van der Waals surface area (Å²) in [7, 11) is -2.99. The van der Waals surface area contributed by atoms with Crippen molar-refractivity contribution in [1.82, 2.24) is 0 Å². The SMILES string of the molecule is CC(C)(CCS(C)(=O)=O)CC(O)OCOCc1ccccc1. The van der Waals surface area contributed by atoms with Crippen LogP contribution in [0.4, 0.5) is 0 Å². The van der Waals surface area contributed by atoms with Crippen molar-refractivity contribution in [2.75, 3.05) is 18.8 Å². The molecule has 0 aliphatic carbocycles. The molecule has 1 aromatic rings. The molecule has 0 aliphatic heterocycles. The van der Waals surface area contributed by atoms with Crippen molar-refractivity contribution in [2.24, 2.45) is 5.41 Å². The van der Waals surface area contributed by atoms with Crippen LogP contribution in [0.5, 0.6) is 0 Å². The number of ether oxygens (including phenoxy) is 2. The van der Waals surface area contributed by atoms with Gasteiger partial charge in [0.15, 0.2) is 6.29 Å². The Kier molecular flexibility index (Phi) is 7.48. The average molecular weight is 330 g/mol. The summed E-state index contributed by atoms with van der Waals surface area (Å²) in [5.41, 5.74) is 0.719. The molecule has 1 unspecified atom stereocenters. The molecule has 0 saturated heterocycles. The van der Waals surface area contributed by atoms with E-state index in [9.17, 15) is 13.5 Å². The Morgan fingerprint density at radius 1 is 1.23 bits per heavy atom. The molecule has 0 heterocycles. The molecule has 0 saturated carbocycles. The van der Waals surface area contributed by atoms with Crippen LogP contribution in [0.3, 0.4) is 0 Å². The smallest absolute Gasteiger partial charge is 0.157 e. The molecule has 1 atom stereocenters. The van der Waals surface area contributed by atoms with Crippen LogP contribution in [0.15, 0.2) is 30.3 Å². The van der Waals surface area contributed by atoms with Crippen LogP contribution in [0.25, 0.3) is 0 Å². The molecular weight excluding hydrogens is 304 g/mol. The lowest BCUT2D eigenvalue weighted by Gasteiger charge is -2.26. The van der Waals surface area contributed by atoms with Crippen LogP contribution in [0.2, 0.25) is 0 Å². The first-order valence-electron chi connectivity index (χ1n) is 7.27. The molecule has 0 radical (unpaired) electrons. The van der Waals surface area contributed by atoms with Gasteiger partial charge in [0, 0.05) is 12.7 Å². The van der Waals surface area contributed by atoms with E-state index < -0.39 is 16.1 Å². The normalized spacial score (nSPS) is 14.0. The Balaban J connectivity index is 2.23. The van der Waals surface area contributed by atoms with Crippen LogP contribution in [-0.2, 0) is 25.9 Å². The summed E-state index contributed by atoms with van der Waals surface area (Å²) in [6.07, 6.45) is 1.09. The number of hydrogen-bond donors (Lipinski definition) is 1. The van der Waals surface area contributed by atoms with Gasteiger partial charge in [-0.15, -0.1) is 0 Å². The number of hydrogen-bond acceptors (Lipinski definition) is 5. The molecule has 0 aromatic heterocycles. The standard InChI is InChI=1S/C16H26O5S/c1-16(2,9-10-22(3,18)19)11-15(17)21-13-20-12-14-7-5-4-6-8-14/h4-8,15,17H,9-13H2,1-3H3. The first-order valence-corrected chi connectivity index (χ1v) is 9.33. The van der Waals surface area contributed by atoms with E-state index in [1.807, 2.05) is 44.2 Å². The van der Waals surface area contributed by atoms with E-state index in [1.54, 1.807) is 0 Å². The van der Waals surface area contributed by atoms with Gasteiger partial charge < -0.3 is 14.6 Å². The summed E-state index contributed by atoms with van der Waals surface area (Å²) in [6.45, 7) is 4.24. The number of sulfone groups is 1. The maximum absolute atomic E-state index is 11.2. The van der Waals surface area contributed by atoms with E-state index >= 15 is 0 Å². The van der Waals surface area contributed by atoms with Crippen LogP contribution in [0, 0.1) is 5.41 Å². The molecule has 6 heteroatoms. The number of aliphatic hydroxyl groups is 1. The monoisotopic (exact) mass is 330 g/mol. The lowest BCUT2D eigenvalue weighted by Crippen LogP contribution is -2.26. The highest BCUT2D eigenvalue weighted by atomic mass is 32.2. The molecular formula is C16H26O5S. The quantitative estimate of drug-likeness (QED) is 0.526. The molecule has 0 aliphatic rings. The number of aliphatic hydroxyl groups excluding tert-OH is 1. The fraction of sp³-hybridized carbons (Fsp3) is 0.625. The predicted octanol–water partition coefficient (Wildman–Crippen LogP) is 2.35. The Labute approximate surface area is 133 Å². The molecule has 1 rings (SSSR count). The third-order valence-electron chi connectivity index (χ3n) is 3.33. The van der Waals surface area contributed by atoms with E-state index in [2.05, 4.69) is 0 Å². The Morgan fingerprint density at radius 3 is 2.45 bits per heavy atom. The topological polar surface area (TPSA) is 72.8 Å². The molecule has 0 fully saturated rings. The highest BCUT2D eigenvalue weighted by Gasteiger charge is 2.24. The van der Waals surface area contributed by atoms with Gasteiger partial charge in [-0.05, 0) is 17.4 Å². The van der Waals surface area contributed by atoms with E-state index in [4.69, 9.17) is 9.47 Å². The van der Waals surface area contributed by atoms with E-state index in [1.165, 1.54) is 6.26 Å². The Bertz CT molecular complexity index is 525. The van der Waals surface area contributed by atoms with Gasteiger partial charge in [0.2, 0.25) is 0 Å². The fourth-order valence-electron chi connectivity index (χ4n) is 1.96. The maximum atomic E-state index is 11.2.